The normalized spacial score (nSPS) is 13.8. The minimum atomic E-state index is 0.277. The highest BCUT2D eigenvalue weighted by atomic mass is 32.2. The summed E-state index contributed by atoms with van der Waals surface area (Å²) in [5.41, 5.74) is 3.95. The zero-order valence-electron chi connectivity index (χ0n) is 10.2. The molecule has 1 heterocycles. The van der Waals surface area contributed by atoms with Gasteiger partial charge in [0.1, 0.15) is 0 Å². The molecule has 3 nitrogen and oxygen atoms in total. The summed E-state index contributed by atoms with van der Waals surface area (Å²) < 4.78 is 0.277. The molecule has 0 amide bonds. The Bertz CT molecular complexity index is 295. The lowest BCUT2D eigenvalue weighted by Crippen LogP contribution is -2.39. The van der Waals surface area contributed by atoms with Crippen LogP contribution in [0.2, 0.25) is 0 Å². The standard InChI is InChI=1S/C12H21N3S/c1-12(2,3)16-9-11(15-13)8-10-6-4-5-7-14-10/h4-7,11,15H,8-9,13H2,1-3H3. The third kappa shape index (κ3) is 5.49. The maximum absolute atomic E-state index is 5.56. The van der Waals surface area contributed by atoms with Crippen molar-refractivity contribution in [3.8, 4) is 0 Å². The number of aromatic nitrogens is 1. The molecule has 0 saturated carbocycles. The molecule has 1 aromatic rings. The molecule has 16 heavy (non-hydrogen) atoms. The highest BCUT2D eigenvalue weighted by Gasteiger charge is 2.15. The summed E-state index contributed by atoms with van der Waals surface area (Å²) in [6.07, 6.45) is 2.69. The summed E-state index contributed by atoms with van der Waals surface area (Å²) in [4.78, 5) is 4.31. The fraction of sp³-hybridized carbons (Fsp3) is 0.583. The number of pyridine rings is 1. The van der Waals surface area contributed by atoms with E-state index in [4.69, 9.17) is 5.84 Å². The minimum Gasteiger partial charge on any atom is -0.271 e. The highest BCUT2D eigenvalue weighted by Crippen LogP contribution is 2.24. The molecule has 0 aliphatic heterocycles. The summed E-state index contributed by atoms with van der Waals surface area (Å²) in [7, 11) is 0. The lowest BCUT2D eigenvalue weighted by Gasteiger charge is -2.22. The van der Waals surface area contributed by atoms with E-state index in [1.807, 2.05) is 36.2 Å². The highest BCUT2D eigenvalue weighted by molar-refractivity contribution is 8.00. The molecule has 0 fully saturated rings. The van der Waals surface area contributed by atoms with E-state index in [0.717, 1.165) is 17.9 Å². The average Bonchev–Trinajstić information content (AvgIpc) is 2.24. The van der Waals surface area contributed by atoms with Gasteiger partial charge in [0.05, 0.1) is 0 Å². The van der Waals surface area contributed by atoms with Crippen molar-refractivity contribution < 1.29 is 0 Å². The van der Waals surface area contributed by atoms with Crippen molar-refractivity contribution in [2.75, 3.05) is 5.75 Å². The maximum Gasteiger partial charge on any atom is 0.0419 e. The van der Waals surface area contributed by atoms with Crippen LogP contribution in [0.1, 0.15) is 26.5 Å². The van der Waals surface area contributed by atoms with Crippen molar-refractivity contribution in [3.63, 3.8) is 0 Å². The first-order chi connectivity index (χ1) is 7.51. The van der Waals surface area contributed by atoms with Crippen LogP contribution in [0.25, 0.3) is 0 Å². The van der Waals surface area contributed by atoms with Crippen molar-refractivity contribution in [2.45, 2.75) is 38.0 Å². The second kappa shape index (κ2) is 6.23. The number of hydrogen-bond acceptors (Lipinski definition) is 4. The lowest BCUT2D eigenvalue weighted by atomic mass is 10.2. The molecule has 0 radical (unpaired) electrons. The number of nitrogens with zero attached hydrogens (tertiary/aromatic N) is 1. The van der Waals surface area contributed by atoms with Crippen LogP contribution < -0.4 is 11.3 Å². The molecule has 4 heteroatoms. The zero-order valence-corrected chi connectivity index (χ0v) is 11.1. The van der Waals surface area contributed by atoms with Gasteiger partial charge >= 0.3 is 0 Å². The first-order valence-electron chi connectivity index (χ1n) is 5.51. The smallest absolute Gasteiger partial charge is 0.0419 e. The minimum absolute atomic E-state index is 0.277. The van der Waals surface area contributed by atoms with Crippen LogP contribution in [0.3, 0.4) is 0 Å². The molecule has 0 saturated heterocycles. The van der Waals surface area contributed by atoms with Crippen LogP contribution in [0.5, 0.6) is 0 Å². The SMILES string of the molecule is CC(C)(C)SCC(Cc1ccccn1)NN. The number of hydrogen-bond donors (Lipinski definition) is 2. The molecular weight excluding hydrogens is 218 g/mol. The third-order valence-corrected chi connectivity index (χ3v) is 3.57. The quantitative estimate of drug-likeness (QED) is 0.609. The van der Waals surface area contributed by atoms with Gasteiger partial charge < -0.3 is 0 Å². The van der Waals surface area contributed by atoms with Gasteiger partial charge in [-0.05, 0) is 12.1 Å². The number of thioether (sulfide) groups is 1. The zero-order chi connectivity index (χ0) is 12.0. The summed E-state index contributed by atoms with van der Waals surface area (Å²) in [6.45, 7) is 6.64. The van der Waals surface area contributed by atoms with Gasteiger partial charge in [0.25, 0.3) is 0 Å². The number of nitrogens with two attached hydrogens (primary N) is 1. The van der Waals surface area contributed by atoms with E-state index in [1.54, 1.807) is 0 Å². The molecule has 0 spiro atoms. The van der Waals surface area contributed by atoms with Gasteiger partial charge in [-0.1, -0.05) is 26.8 Å². The summed E-state index contributed by atoms with van der Waals surface area (Å²) in [5.74, 6) is 6.56. The van der Waals surface area contributed by atoms with Crippen LogP contribution in [-0.4, -0.2) is 21.5 Å². The molecule has 0 aliphatic carbocycles. The molecule has 1 aromatic heterocycles. The van der Waals surface area contributed by atoms with Crippen molar-refractivity contribution in [3.05, 3.63) is 30.1 Å². The van der Waals surface area contributed by atoms with Gasteiger partial charge in [-0.15, -0.1) is 0 Å². The monoisotopic (exact) mass is 239 g/mol. The fourth-order valence-corrected chi connectivity index (χ4v) is 2.20. The number of hydrazine groups is 1. The predicted octanol–water partition coefficient (Wildman–Crippen LogP) is 1.99. The summed E-state index contributed by atoms with van der Waals surface area (Å²) in [5, 5.41) is 0. The molecule has 3 N–H and O–H groups in total. The van der Waals surface area contributed by atoms with E-state index in [-0.39, 0.29) is 10.8 Å². The van der Waals surface area contributed by atoms with Crippen LogP contribution in [-0.2, 0) is 6.42 Å². The van der Waals surface area contributed by atoms with Gasteiger partial charge in [-0.2, -0.15) is 11.8 Å². The number of nitrogens with one attached hydrogen (secondary N) is 1. The van der Waals surface area contributed by atoms with Crippen molar-refractivity contribution in [2.24, 2.45) is 5.84 Å². The Morgan fingerprint density at radius 1 is 1.44 bits per heavy atom. The molecular formula is C12H21N3S. The lowest BCUT2D eigenvalue weighted by molar-refractivity contribution is 0.567. The first kappa shape index (κ1) is 13.5. The first-order valence-corrected chi connectivity index (χ1v) is 6.50. The molecule has 0 bridgehead atoms. The van der Waals surface area contributed by atoms with Gasteiger partial charge in [0.15, 0.2) is 0 Å². The Labute approximate surface area is 102 Å². The van der Waals surface area contributed by atoms with E-state index in [2.05, 4.69) is 31.2 Å². The Morgan fingerprint density at radius 2 is 2.19 bits per heavy atom. The Balaban J connectivity index is 2.44. The average molecular weight is 239 g/mol. The Kier molecular flexibility index (Phi) is 5.25. The van der Waals surface area contributed by atoms with E-state index >= 15 is 0 Å². The fourth-order valence-electron chi connectivity index (χ4n) is 1.29. The maximum atomic E-state index is 5.56. The van der Waals surface area contributed by atoms with E-state index in [1.165, 1.54) is 0 Å². The molecule has 0 aromatic carbocycles. The molecule has 90 valence electrons. The molecule has 0 aliphatic rings. The predicted molar refractivity (Wildman–Crippen MR) is 71.3 cm³/mol. The molecule has 1 atom stereocenters. The molecule has 1 rings (SSSR count). The van der Waals surface area contributed by atoms with Crippen LogP contribution in [0.4, 0.5) is 0 Å². The van der Waals surface area contributed by atoms with Crippen LogP contribution >= 0.6 is 11.8 Å². The molecule has 1 unspecified atom stereocenters. The topological polar surface area (TPSA) is 50.9 Å². The van der Waals surface area contributed by atoms with Crippen molar-refractivity contribution in [1.82, 2.24) is 10.4 Å². The van der Waals surface area contributed by atoms with Crippen molar-refractivity contribution >= 4 is 11.8 Å². The van der Waals surface area contributed by atoms with E-state index in [9.17, 15) is 0 Å². The van der Waals surface area contributed by atoms with Gasteiger partial charge in [0, 0.05) is 34.9 Å². The van der Waals surface area contributed by atoms with Gasteiger partial charge in [-0.3, -0.25) is 16.3 Å². The summed E-state index contributed by atoms with van der Waals surface area (Å²) in [6, 6.07) is 6.25. The Hall–Kier alpha value is -0.580. The largest absolute Gasteiger partial charge is 0.271 e. The van der Waals surface area contributed by atoms with Crippen LogP contribution in [0.15, 0.2) is 24.4 Å². The van der Waals surface area contributed by atoms with Gasteiger partial charge in [-0.25, -0.2) is 0 Å². The number of rotatable bonds is 5. The van der Waals surface area contributed by atoms with Crippen molar-refractivity contribution in [1.29, 1.82) is 0 Å². The second-order valence-electron chi connectivity index (χ2n) is 4.81. The third-order valence-electron chi connectivity index (χ3n) is 2.13. The summed E-state index contributed by atoms with van der Waals surface area (Å²) >= 11 is 1.92. The van der Waals surface area contributed by atoms with E-state index in [0.29, 0.717) is 0 Å². The Morgan fingerprint density at radius 3 is 2.69 bits per heavy atom. The second-order valence-corrected chi connectivity index (χ2v) is 6.66. The van der Waals surface area contributed by atoms with Gasteiger partial charge in [0.2, 0.25) is 0 Å². The van der Waals surface area contributed by atoms with E-state index < -0.39 is 0 Å². The van der Waals surface area contributed by atoms with Crippen LogP contribution in [0, 0.1) is 0 Å².